The smallest absolute Gasteiger partial charge is 0.225 e. The number of ether oxygens (including phenoxy) is 7. The van der Waals surface area contributed by atoms with Crippen molar-refractivity contribution in [1.82, 2.24) is 0 Å². The third kappa shape index (κ3) is 9.22. The first-order chi connectivity index (χ1) is 28.5. The van der Waals surface area contributed by atoms with Gasteiger partial charge in [-0.25, -0.2) is 0 Å². The molecule has 8 heteroatoms. The molecular weight excluding hydrogens is 748 g/mol. The molecule has 0 saturated carbocycles. The molecular formula is C50H49ClO7. The number of benzene rings is 6. The third-order valence-electron chi connectivity index (χ3n) is 10.7. The number of hydrogen-bond donors (Lipinski definition) is 0. The first kappa shape index (κ1) is 40.0. The second kappa shape index (κ2) is 18.8. The minimum atomic E-state index is -1.41. The summed E-state index contributed by atoms with van der Waals surface area (Å²) in [5, 5.41) is 0.642. The lowest BCUT2D eigenvalue weighted by molar-refractivity contribution is -0.354. The van der Waals surface area contributed by atoms with Crippen LogP contribution in [0.2, 0.25) is 5.02 Å². The van der Waals surface area contributed by atoms with Gasteiger partial charge in [0.05, 0.1) is 46.2 Å². The van der Waals surface area contributed by atoms with Crippen molar-refractivity contribution in [2.75, 3.05) is 19.8 Å². The Kier molecular flexibility index (Phi) is 13.0. The van der Waals surface area contributed by atoms with Crippen LogP contribution < -0.4 is 4.74 Å². The Balaban J connectivity index is 1.21. The van der Waals surface area contributed by atoms with Crippen LogP contribution in [0.4, 0.5) is 0 Å². The second-order valence-electron chi connectivity index (χ2n) is 14.9. The summed E-state index contributed by atoms with van der Waals surface area (Å²) >= 11 is 6.96. The van der Waals surface area contributed by atoms with E-state index in [1.165, 1.54) is 0 Å². The van der Waals surface area contributed by atoms with Crippen LogP contribution in [-0.2, 0) is 67.1 Å². The lowest BCUT2D eigenvalue weighted by Gasteiger charge is -2.51. The molecule has 0 radical (unpaired) electrons. The van der Waals surface area contributed by atoms with Gasteiger partial charge in [0.2, 0.25) is 5.79 Å². The maximum atomic E-state index is 7.43. The van der Waals surface area contributed by atoms with Gasteiger partial charge in [-0.05, 0) is 71.0 Å². The van der Waals surface area contributed by atoms with E-state index < -0.39 is 29.7 Å². The van der Waals surface area contributed by atoms with Gasteiger partial charge in [0.25, 0.3) is 0 Å². The molecule has 2 saturated heterocycles. The highest BCUT2D eigenvalue weighted by molar-refractivity contribution is 6.31. The normalized spacial score (nSPS) is 22.5. The summed E-state index contributed by atoms with van der Waals surface area (Å²) < 4.78 is 47.9. The van der Waals surface area contributed by atoms with Crippen LogP contribution in [0.15, 0.2) is 164 Å². The lowest BCUT2D eigenvalue weighted by Crippen LogP contribution is -2.67. The fraction of sp³-hybridized carbons (Fsp3) is 0.280. The van der Waals surface area contributed by atoms with E-state index in [4.69, 9.17) is 44.8 Å². The number of fused-ring (bicyclic) bond motifs is 2. The van der Waals surface area contributed by atoms with Gasteiger partial charge in [-0.15, -0.1) is 0 Å². The zero-order valence-electron chi connectivity index (χ0n) is 32.7. The summed E-state index contributed by atoms with van der Waals surface area (Å²) in [6, 6.07) is 54.6. The average Bonchev–Trinajstić information content (AvgIpc) is 3.62. The quantitative estimate of drug-likeness (QED) is 0.0858. The maximum absolute atomic E-state index is 7.43. The molecule has 0 unspecified atom stereocenters. The van der Waals surface area contributed by atoms with E-state index in [-0.39, 0.29) is 13.2 Å². The summed E-state index contributed by atoms with van der Waals surface area (Å²) in [6.45, 7) is 4.28. The topological polar surface area (TPSA) is 64.6 Å². The molecule has 298 valence electrons. The molecule has 5 atom stereocenters. The Morgan fingerprint density at radius 3 is 1.69 bits per heavy atom. The summed E-state index contributed by atoms with van der Waals surface area (Å²) in [5.74, 6) is -0.577. The molecule has 0 N–H and O–H groups in total. The fourth-order valence-corrected chi connectivity index (χ4v) is 8.04. The molecule has 0 aliphatic carbocycles. The van der Waals surface area contributed by atoms with E-state index in [9.17, 15) is 0 Å². The monoisotopic (exact) mass is 796 g/mol. The van der Waals surface area contributed by atoms with Crippen molar-refractivity contribution in [2.45, 2.75) is 69.5 Å². The summed E-state index contributed by atoms with van der Waals surface area (Å²) in [7, 11) is 0. The molecule has 8 rings (SSSR count). The van der Waals surface area contributed by atoms with E-state index in [1.54, 1.807) is 0 Å². The van der Waals surface area contributed by atoms with Crippen LogP contribution in [0, 0.1) is 0 Å². The van der Waals surface area contributed by atoms with Gasteiger partial charge in [-0.2, -0.15) is 0 Å². The van der Waals surface area contributed by atoms with Crippen molar-refractivity contribution in [3.63, 3.8) is 0 Å². The first-order valence-corrected chi connectivity index (χ1v) is 20.3. The largest absolute Gasteiger partial charge is 0.494 e. The molecule has 58 heavy (non-hydrogen) atoms. The standard InChI is InChI=1S/C50H49ClO7/c1-2-53-44-26-23-37(24-27-44)29-42-30-43(25-28-45(42)51)50-48(56-34-41-21-13-6-14-22-41)46(54-32-39-17-9-4-10-18-39)47(55-33-40-19-11-5-12-20-40)49(58-50,36-57-50)35-52-31-38-15-7-3-8-16-38/h3-28,30,46-48H,2,29,31-36H2,1H3/t46-,47-,48+,49+,50+/m0/s1. The van der Waals surface area contributed by atoms with Gasteiger partial charge in [0.1, 0.15) is 29.7 Å². The first-order valence-electron chi connectivity index (χ1n) is 20.0. The average molecular weight is 797 g/mol. The Morgan fingerprint density at radius 2 is 1.12 bits per heavy atom. The Labute approximate surface area is 346 Å². The van der Waals surface area contributed by atoms with Crippen molar-refractivity contribution >= 4 is 11.6 Å². The van der Waals surface area contributed by atoms with Gasteiger partial charge in [0.15, 0.2) is 0 Å². The Bertz CT molecular complexity index is 2170. The molecule has 0 amide bonds. The molecule has 0 spiro atoms. The molecule has 2 heterocycles. The number of hydrogen-bond acceptors (Lipinski definition) is 7. The van der Waals surface area contributed by atoms with Gasteiger partial charge >= 0.3 is 0 Å². The zero-order chi connectivity index (χ0) is 39.6. The fourth-order valence-electron chi connectivity index (χ4n) is 7.85. The van der Waals surface area contributed by atoms with Gasteiger partial charge in [-0.1, -0.05) is 151 Å². The molecule has 0 aromatic heterocycles. The summed E-state index contributed by atoms with van der Waals surface area (Å²) in [6.07, 6.45) is -1.50. The summed E-state index contributed by atoms with van der Waals surface area (Å²) in [4.78, 5) is 0. The third-order valence-corrected chi connectivity index (χ3v) is 11.1. The van der Waals surface area contributed by atoms with E-state index in [1.807, 2.05) is 116 Å². The van der Waals surface area contributed by atoms with Crippen molar-refractivity contribution in [3.05, 3.63) is 208 Å². The van der Waals surface area contributed by atoms with Crippen molar-refractivity contribution in [2.24, 2.45) is 0 Å². The van der Waals surface area contributed by atoms with Crippen LogP contribution >= 0.6 is 11.6 Å². The minimum Gasteiger partial charge on any atom is -0.494 e. The van der Waals surface area contributed by atoms with E-state index in [2.05, 4.69) is 54.6 Å². The Morgan fingerprint density at radius 1 is 0.586 bits per heavy atom. The molecule has 2 bridgehead atoms. The molecule has 2 aliphatic rings. The zero-order valence-corrected chi connectivity index (χ0v) is 33.5. The summed E-state index contributed by atoms with van der Waals surface area (Å²) in [5.41, 5.74) is 5.83. The second-order valence-corrected chi connectivity index (χ2v) is 15.3. The molecule has 2 fully saturated rings. The highest BCUT2D eigenvalue weighted by Crippen LogP contribution is 2.53. The SMILES string of the molecule is CCOc1ccc(Cc2cc([C@@]34OC[C@@](COCc5ccccc5)(O3)[C@@H](OCc3ccccc3)[C@H](OCc3ccccc3)[C@H]4OCc3ccccc3)ccc2Cl)cc1. The van der Waals surface area contributed by atoms with Gasteiger partial charge in [-0.3, -0.25) is 0 Å². The van der Waals surface area contributed by atoms with E-state index in [0.717, 1.165) is 44.7 Å². The van der Waals surface area contributed by atoms with Crippen LogP contribution in [-0.4, -0.2) is 43.7 Å². The lowest BCUT2D eigenvalue weighted by atomic mass is 9.82. The maximum Gasteiger partial charge on any atom is 0.225 e. The van der Waals surface area contributed by atoms with Crippen LogP contribution in [0.3, 0.4) is 0 Å². The molecule has 2 aliphatic heterocycles. The Hall–Kier alpha value is -4.83. The predicted molar refractivity (Wildman–Crippen MR) is 224 cm³/mol. The van der Waals surface area contributed by atoms with Crippen molar-refractivity contribution < 1.29 is 33.2 Å². The highest BCUT2D eigenvalue weighted by atomic mass is 35.5. The van der Waals surface area contributed by atoms with Crippen molar-refractivity contribution in [3.8, 4) is 5.75 Å². The molecule has 6 aromatic rings. The highest BCUT2D eigenvalue weighted by Gasteiger charge is 2.69. The van der Waals surface area contributed by atoms with E-state index in [0.29, 0.717) is 44.5 Å². The predicted octanol–water partition coefficient (Wildman–Crippen LogP) is 10.3. The van der Waals surface area contributed by atoms with Crippen LogP contribution in [0.1, 0.15) is 45.9 Å². The van der Waals surface area contributed by atoms with Crippen LogP contribution in [0.5, 0.6) is 5.75 Å². The molecule has 7 nitrogen and oxygen atoms in total. The van der Waals surface area contributed by atoms with E-state index >= 15 is 0 Å². The minimum absolute atomic E-state index is 0.175. The number of halogens is 1. The molecule has 6 aromatic carbocycles. The van der Waals surface area contributed by atoms with Crippen LogP contribution in [0.25, 0.3) is 0 Å². The van der Waals surface area contributed by atoms with Crippen molar-refractivity contribution in [1.29, 1.82) is 0 Å². The van der Waals surface area contributed by atoms with Gasteiger partial charge < -0.3 is 33.2 Å². The number of rotatable bonds is 18. The van der Waals surface area contributed by atoms with Gasteiger partial charge in [0, 0.05) is 10.6 Å².